The fourth-order valence-corrected chi connectivity index (χ4v) is 4.91. The van der Waals surface area contributed by atoms with E-state index in [4.69, 9.17) is 4.74 Å². The first-order chi connectivity index (χ1) is 14.9. The van der Waals surface area contributed by atoms with Gasteiger partial charge >= 0.3 is 0 Å². The molecule has 4 rings (SSSR count). The molecule has 3 atom stereocenters. The molecule has 1 saturated heterocycles. The minimum absolute atomic E-state index is 0.0693. The molecule has 3 aliphatic rings. The largest absolute Gasteiger partial charge is 0.489 e. The Morgan fingerprint density at radius 3 is 2.77 bits per heavy atom. The van der Waals surface area contributed by atoms with Crippen molar-refractivity contribution < 1.29 is 14.3 Å². The van der Waals surface area contributed by atoms with Crippen LogP contribution < -0.4 is 15.4 Å². The summed E-state index contributed by atoms with van der Waals surface area (Å²) < 4.78 is 6.47. The number of nitrogens with one attached hydrogen (secondary N) is 2. The number of ether oxygens (including phenoxy) is 1. The number of hydrogen-bond acceptors (Lipinski definition) is 4. The van der Waals surface area contributed by atoms with Crippen LogP contribution in [0.4, 0.5) is 0 Å². The van der Waals surface area contributed by atoms with Gasteiger partial charge in [-0.2, -0.15) is 0 Å². The third-order valence-corrected chi connectivity index (χ3v) is 6.64. The highest BCUT2D eigenvalue weighted by Gasteiger charge is 2.38. The normalized spacial score (nSPS) is 26.6. The molecular weight excluding hydrogens is 390 g/mol. The molecule has 2 heterocycles. The van der Waals surface area contributed by atoms with E-state index in [0.717, 1.165) is 36.4 Å². The van der Waals surface area contributed by atoms with Crippen LogP contribution >= 0.6 is 0 Å². The van der Waals surface area contributed by atoms with Crippen molar-refractivity contribution in [3.05, 3.63) is 41.6 Å². The number of hydrogen-bond donors (Lipinski definition) is 2. The van der Waals surface area contributed by atoms with Gasteiger partial charge in [-0.15, -0.1) is 0 Å². The first-order valence-corrected chi connectivity index (χ1v) is 11.7. The molecule has 1 saturated carbocycles. The molecule has 6 nitrogen and oxygen atoms in total. The molecule has 6 heteroatoms. The van der Waals surface area contributed by atoms with E-state index < -0.39 is 6.04 Å². The molecule has 31 heavy (non-hydrogen) atoms. The summed E-state index contributed by atoms with van der Waals surface area (Å²) in [6.07, 6.45) is 7.33. The van der Waals surface area contributed by atoms with Crippen LogP contribution in [-0.4, -0.2) is 41.4 Å². The van der Waals surface area contributed by atoms with E-state index in [1.165, 1.54) is 19.3 Å². The fourth-order valence-electron chi connectivity index (χ4n) is 4.91. The minimum atomic E-state index is -0.429. The van der Waals surface area contributed by atoms with Crippen molar-refractivity contribution in [2.45, 2.75) is 83.5 Å². The molecule has 1 unspecified atom stereocenters. The molecule has 1 aromatic rings. The average Bonchev–Trinajstić information content (AvgIpc) is 2.89. The van der Waals surface area contributed by atoms with Crippen molar-refractivity contribution in [3.8, 4) is 5.75 Å². The van der Waals surface area contributed by atoms with E-state index in [2.05, 4.69) is 31.1 Å². The quantitative estimate of drug-likeness (QED) is 0.681. The molecular formula is C25H35N3O3. The Bertz CT molecular complexity index is 850. The van der Waals surface area contributed by atoms with Gasteiger partial charge in [-0.3, -0.25) is 9.59 Å². The molecule has 0 aromatic heterocycles. The molecule has 2 amide bonds. The van der Waals surface area contributed by atoms with Gasteiger partial charge in [-0.25, -0.2) is 0 Å². The zero-order valence-electron chi connectivity index (χ0n) is 18.8. The van der Waals surface area contributed by atoms with Crippen molar-refractivity contribution >= 4 is 11.8 Å². The number of piperidine rings is 1. The van der Waals surface area contributed by atoms with Crippen LogP contribution in [0.25, 0.3) is 0 Å². The monoisotopic (exact) mass is 425 g/mol. The Labute approximate surface area is 185 Å². The van der Waals surface area contributed by atoms with Crippen LogP contribution in [0.1, 0.15) is 74.7 Å². The fraction of sp³-hybridized carbons (Fsp3) is 0.600. The molecule has 0 bridgehead atoms. The van der Waals surface area contributed by atoms with E-state index in [-0.39, 0.29) is 17.9 Å². The topological polar surface area (TPSA) is 70.7 Å². The van der Waals surface area contributed by atoms with Gasteiger partial charge in [-0.1, -0.05) is 33.3 Å². The molecule has 0 spiro atoms. The van der Waals surface area contributed by atoms with Crippen molar-refractivity contribution in [3.63, 3.8) is 0 Å². The highest BCUT2D eigenvalue weighted by Crippen LogP contribution is 2.32. The van der Waals surface area contributed by atoms with Crippen molar-refractivity contribution in [1.29, 1.82) is 0 Å². The van der Waals surface area contributed by atoms with Crippen LogP contribution in [0.2, 0.25) is 0 Å². The highest BCUT2D eigenvalue weighted by molar-refractivity contribution is 6.01. The minimum Gasteiger partial charge on any atom is -0.489 e. The molecule has 1 aliphatic carbocycles. The van der Waals surface area contributed by atoms with Gasteiger partial charge in [0.1, 0.15) is 17.9 Å². The summed E-state index contributed by atoms with van der Waals surface area (Å²) in [6.45, 7) is 9.73. The van der Waals surface area contributed by atoms with Crippen molar-refractivity contribution in [2.24, 2.45) is 5.92 Å². The van der Waals surface area contributed by atoms with Crippen LogP contribution in [-0.2, 0) is 11.3 Å². The molecule has 168 valence electrons. The number of fused-ring (bicyclic) bond motifs is 1. The maximum atomic E-state index is 12.9. The lowest BCUT2D eigenvalue weighted by atomic mass is 10.0. The zero-order valence-corrected chi connectivity index (χ0v) is 18.8. The van der Waals surface area contributed by atoms with Gasteiger partial charge in [0.2, 0.25) is 5.91 Å². The smallest absolute Gasteiger partial charge is 0.255 e. The number of benzene rings is 1. The number of amides is 2. The lowest BCUT2D eigenvalue weighted by molar-refractivity contribution is -0.126. The molecule has 2 aliphatic heterocycles. The van der Waals surface area contributed by atoms with Gasteiger partial charge in [0.25, 0.3) is 5.91 Å². The second-order valence-corrected chi connectivity index (χ2v) is 9.60. The second kappa shape index (κ2) is 9.43. The lowest BCUT2D eigenvalue weighted by Crippen LogP contribution is -2.49. The predicted octanol–water partition coefficient (Wildman–Crippen LogP) is 3.76. The second-order valence-electron chi connectivity index (χ2n) is 9.60. The predicted molar refractivity (Wildman–Crippen MR) is 121 cm³/mol. The summed E-state index contributed by atoms with van der Waals surface area (Å²) >= 11 is 0. The van der Waals surface area contributed by atoms with Gasteiger partial charge in [0.15, 0.2) is 0 Å². The van der Waals surface area contributed by atoms with E-state index in [9.17, 15) is 9.59 Å². The number of rotatable bonds is 6. The SMILES string of the molecule is C=C1CCC(N2Cc3cc(O[C@@H]4CCCCC[C@H]4NCC(C)C)ccc3C2=O)C(=O)N1. The van der Waals surface area contributed by atoms with E-state index in [1.54, 1.807) is 4.90 Å². The summed E-state index contributed by atoms with van der Waals surface area (Å²) in [7, 11) is 0. The third kappa shape index (κ3) is 4.95. The van der Waals surface area contributed by atoms with Crippen LogP contribution in [0.15, 0.2) is 30.5 Å². The van der Waals surface area contributed by atoms with Gasteiger partial charge in [0.05, 0.1) is 0 Å². The summed E-state index contributed by atoms with van der Waals surface area (Å²) in [5.41, 5.74) is 2.35. The maximum Gasteiger partial charge on any atom is 0.255 e. The highest BCUT2D eigenvalue weighted by atomic mass is 16.5. The first kappa shape index (κ1) is 21.9. The standard InChI is InChI=1S/C25H35N3O3/c1-16(2)14-26-21-7-5-4-6-8-23(21)31-19-10-11-20-18(13-19)15-28(25(20)30)22-12-9-17(3)27-24(22)29/h10-11,13,16,21-23,26H,3-9,12,14-15H2,1-2H3,(H,27,29)/t21-,22?,23-/m1/s1. The Hall–Kier alpha value is -2.34. The zero-order chi connectivity index (χ0) is 22.0. The molecule has 1 aromatic carbocycles. The van der Waals surface area contributed by atoms with Crippen molar-refractivity contribution in [2.75, 3.05) is 6.54 Å². The van der Waals surface area contributed by atoms with E-state index in [0.29, 0.717) is 36.9 Å². The number of carbonyl (C=O) groups excluding carboxylic acids is 2. The number of carbonyl (C=O) groups is 2. The Balaban J connectivity index is 1.46. The summed E-state index contributed by atoms with van der Waals surface area (Å²) in [6, 6.07) is 5.70. The Morgan fingerprint density at radius 2 is 2.00 bits per heavy atom. The number of allylic oxidation sites excluding steroid dienone is 1. The van der Waals surface area contributed by atoms with Gasteiger partial charge in [-0.05, 0) is 68.3 Å². The van der Waals surface area contributed by atoms with Gasteiger partial charge < -0.3 is 20.3 Å². The summed E-state index contributed by atoms with van der Waals surface area (Å²) in [4.78, 5) is 27.0. The maximum absolute atomic E-state index is 12.9. The van der Waals surface area contributed by atoms with E-state index in [1.807, 2.05) is 18.2 Å². The summed E-state index contributed by atoms with van der Waals surface area (Å²) in [5, 5.41) is 6.50. The Morgan fingerprint density at radius 1 is 1.19 bits per heavy atom. The third-order valence-electron chi connectivity index (χ3n) is 6.64. The van der Waals surface area contributed by atoms with Gasteiger partial charge in [0, 0.05) is 23.8 Å². The van der Waals surface area contributed by atoms with Crippen LogP contribution in [0.3, 0.4) is 0 Å². The van der Waals surface area contributed by atoms with Crippen molar-refractivity contribution in [1.82, 2.24) is 15.5 Å². The molecule has 2 N–H and O–H groups in total. The van der Waals surface area contributed by atoms with Crippen LogP contribution in [0.5, 0.6) is 5.75 Å². The molecule has 0 radical (unpaired) electrons. The van der Waals surface area contributed by atoms with Crippen LogP contribution in [0, 0.1) is 5.92 Å². The lowest BCUT2D eigenvalue weighted by Gasteiger charge is -2.30. The number of nitrogens with zero attached hydrogens (tertiary/aromatic N) is 1. The summed E-state index contributed by atoms with van der Waals surface area (Å²) in [5.74, 6) is 1.22. The van der Waals surface area contributed by atoms with E-state index >= 15 is 0 Å². The Kier molecular flexibility index (Phi) is 6.65. The molecule has 2 fully saturated rings. The average molecular weight is 426 g/mol. The first-order valence-electron chi connectivity index (χ1n) is 11.7.